The lowest BCUT2D eigenvalue weighted by molar-refractivity contribution is -0.141. The second-order valence-electron chi connectivity index (χ2n) is 5.25. The van der Waals surface area contributed by atoms with Crippen molar-refractivity contribution in [3.05, 3.63) is 47.3 Å². The number of benzene rings is 1. The van der Waals surface area contributed by atoms with Crippen LogP contribution in [0.4, 0.5) is 22.0 Å². The molecule has 0 atom stereocenters. The van der Waals surface area contributed by atoms with Gasteiger partial charge in [0.25, 0.3) is 0 Å². The molecular weight excluding hydrogens is 331 g/mol. The van der Waals surface area contributed by atoms with Crippen molar-refractivity contribution in [3.8, 4) is 22.8 Å². The minimum Gasteiger partial charge on any atom is -0.332 e. The Kier molecular flexibility index (Phi) is 3.66. The fourth-order valence-corrected chi connectivity index (χ4v) is 2.40. The Labute approximate surface area is 133 Å². The van der Waals surface area contributed by atoms with Gasteiger partial charge in [0.2, 0.25) is 0 Å². The number of imidazole rings is 1. The van der Waals surface area contributed by atoms with Crippen molar-refractivity contribution in [3.63, 3.8) is 0 Å². The largest absolute Gasteiger partial charge is 0.433 e. The number of nitrogens with zero attached hydrogens (tertiary/aromatic N) is 3. The molecule has 9 heteroatoms. The molecule has 0 radical (unpaired) electrons. The molecule has 0 aliphatic heterocycles. The first-order valence-corrected chi connectivity index (χ1v) is 6.80. The number of rotatable bonds is 2. The predicted molar refractivity (Wildman–Crippen MR) is 75.9 cm³/mol. The number of alkyl halides is 3. The molecule has 0 saturated heterocycles. The van der Waals surface area contributed by atoms with E-state index in [-0.39, 0.29) is 28.3 Å². The normalized spacial score (nSPS) is 12.0. The monoisotopic (exact) mass is 342 g/mol. The minimum absolute atomic E-state index is 0.0126. The number of aromatic amines is 1. The van der Waals surface area contributed by atoms with E-state index < -0.39 is 23.5 Å². The van der Waals surface area contributed by atoms with Crippen LogP contribution in [0.25, 0.3) is 22.8 Å². The number of aromatic nitrogens is 4. The Hall–Kier alpha value is -2.71. The standard InChI is InChI=1S/C15H11F5N4/c1-7-12(22-23-13(7)15(18,19)20)14-21-11(6-24(14)2)9-4-3-8(16)5-10(9)17/h3-6H,1-2H3,(H,22,23). The zero-order valence-corrected chi connectivity index (χ0v) is 12.5. The molecular formula is C15H11F5N4. The second-order valence-corrected chi connectivity index (χ2v) is 5.25. The predicted octanol–water partition coefficient (Wildman–Crippen LogP) is 4.08. The molecule has 3 aromatic rings. The quantitative estimate of drug-likeness (QED) is 0.713. The van der Waals surface area contributed by atoms with Gasteiger partial charge in [-0.1, -0.05) is 0 Å². The summed E-state index contributed by atoms with van der Waals surface area (Å²) in [6.45, 7) is 1.27. The van der Waals surface area contributed by atoms with E-state index in [0.717, 1.165) is 6.07 Å². The van der Waals surface area contributed by atoms with Gasteiger partial charge < -0.3 is 4.57 Å². The van der Waals surface area contributed by atoms with Gasteiger partial charge in [0.05, 0.1) is 5.69 Å². The van der Waals surface area contributed by atoms with E-state index in [0.29, 0.717) is 6.07 Å². The summed E-state index contributed by atoms with van der Waals surface area (Å²) in [5, 5.41) is 5.63. The highest BCUT2D eigenvalue weighted by atomic mass is 19.4. The van der Waals surface area contributed by atoms with E-state index in [4.69, 9.17) is 0 Å². The van der Waals surface area contributed by atoms with E-state index in [2.05, 4.69) is 10.1 Å². The molecule has 0 aliphatic carbocycles. The maximum Gasteiger partial charge on any atom is 0.433 e. The summed E-state index contributed by atoms with van der Waals surface area (Å²) in [6.07, 6.45) is -3.13. The molecule has 126 valence electrons. The molecule has 24 heavy (non-hydrogen) atoms. The molecule has 4 nitrogen and oxygen atoms in total. The molecule has 0 spiro atoms. The van der Waals surface area contributed by atoms with Crippen LogP contribution < -0.4 is 0 Å². The molecule has 0 aliphatic rings. The van der Waals surface area contributed by atoms with Crippen molar-refractivity contribution >= 4 is 0 Å². The number of halogens is 5. The van der Waals surface area contributed by atoms with Crippen LogP contribution in [-0.2, 0) is 13.2 Å². The summed E-state index contributed by atoms with van der Waals surface area (Å²) < 4.78 is 66.9. The fourth-order valence-electron chi connectivity index (χ4n) is 2.40. The molecule has 0 fully saturated rings. The van der Waals surface area contributed by atoms with E-state index in [1.54, 1.807) is 7.05 Å². The van der Waals surface area contributed by atoms with Crippen molar-refractivity contribution in [1.82, 2.24) is 19.7 Å². The Bertz CT molecular complexity index is 907. The van der Waals surface area contributed by atoms with Crippen LogP contribution in [0.15, 0.2) is 24.4 Å². The second kappa shape index (κ2) is 5.43. The van der Waals surface area contributed by atoms with E-state index in [1.807, 2.05) is 5.10 Å². The van der Waals surface area contributed by atoms with Crippen LogP contribution in [0.2, 0.25) is 0 Å². The van der Waals surface area contributed by atoms with Gasteiger partial charge >= 0.3 is 6.18 Å². The molecule has 0 saturated carbocycles. The maximum atomic E-state index is 13.9. The highest BCUT2D eigenvalue weighted by molar-refractivity contribution is 5.65. The Balaban J connectivity index is 2.09. The first-order chi connectivity index (χ1) is 11.2. The Morgan fingerprint density at radius 1 is 1.17 bits per heavy atom. The molecule has 3 rings (SSSR count). The van der Waals surface area contributed by atoms with Crippen molar-refractivity contribution in [1.29, 1.82) is 0 Å². The van der Waals surface area contributed by atoms with E-state index >= 15 is 0 Å². The molecule has 2 aromatic heterocycles. The zero-order valence-electron chi connectivity index (χ0n) is 12.5. The SMILES string of the molecule is Cc1c(-c2nc(-c3ccc(F)cc3F)cn2C)n[nH]c1C(F)(F)F. The topological polar surface area (TPSA) is 46.5 Å². The van der Waals surface area contributed by atoms with Gasteiger partial charge in [0.15, 0.2) is 5.82 Å². The Morgan fingerprint density at radius 2 is 1.88 bits per heavy atom. The average Bonchev–Trinajstić information content (AvgIpc) is 3.01. The fraction of sp³-hybridized carbons (Fsp3) is 0.200. The summed E-state index contributed by atoms with van der Waals surface area (Å²) in [4.78, 5) is 4.15. The third kappa shape index (κ3) is 2.66. The summed E-state index contributed by atoms with van der Waals surface area (Å²) in [5.74, 6) is -1.40. The van der Waals surface area contributed by atoms with Gasteiger partial charge in [-0.25, -0.2) is 13.8 Å². The summed E-state index contributed by atoms with van der Waals surface area (Å²) >= 11 is 0. The van der Waals surface area contributed by atoms with Crippen molar-refractivity contribution in [2.24, 2.45) is 7.05 Å². The number of hydrogen-bond acceptors (Lipinski definition) is 2. The number of hydrogen-bond donors (Lipinski definition) is 1. The lowest BCUT2D eigenvalue weighted by atomic mass is 10.1. The lowest BCUT2D eigenvalue weighted by Gasteiger charge is -2.04. The van der Waals surface area contributed by atoms with E-state index in [1.165, 1.54) is 23.8 Å². The molecule has 1 N–H and O–H groups in total. The number of H-pyrrole nitrogens is 1. The van der Waals surface area contributed by atoms with Gasteiger partial charge in [-0.3, -0.25) is 5.10 Å². The van der Waals surface area contributed by atoms with Crippen LogP contribution in [0, 0.1) is 18.6 Å². The highest BCUT2D eigenvalue weighted by Gasteiger charge is 2.36. The van der Waals surface area contributed by atoms with Gasteiger partial charge in [-0.2, -0.15) is 18.3 Å². The van der Waals surface area contributed by atoms with Crippen molar-refractivity contribution in [2.45, 2.75) is 13.1 Å². The van der Waals surface area contributed by atoms with Crippen LogP contribution in [0.1, 0.15) is 11.3 Å². The van der Waals surface area contributed by atoms with Crippen LogP contribution >= 0.6 is 0 Å². The van der Waals surface area contributed by atoms with Crippen LogP contribution in [0.3, 0.4) is 0 Å². The van der Waals surface area contributed by atoms with Gasteiger partial charge in [-0.15, -0.1) is 0 Å². The average molecular weight is 342 g/mol. The third-order valence-corrected chi connectivity index (χ3v) is 3.59. The minimum atomic E-state index is -4.56. The van der Waals surface area contributed by atoms with Crippen molar-refractivity contribution < 1.29 is 22.0 Å². The Morgan fingerprint density at radius 3 is 2.46 bits per heavy atom. The van der Waals surface area contributed by atoms with Gasteiger partial charge in [0, 0.05) is 30.4 Å². The summed E-state index contributed by atoms with van der Waals surface area (Å²) in [5.41, 5.74) is -0.848. The van der Waals surface area contributed by atoms with E-state index in [9.17, 15) is 22.0 Å². The summed E-state index contributed by atoms with van der Waals surface area (Å²) in [6, 6.07) is 3.01. The lowest BCUT2D eigenvalue weighted by Crippen LogP contribution is -2.07. The summed E-state index contributed by atoms with van der Waals surface area (Å²) in [7, 11) is 1.55. The van der Waals surface area contributed by atoms with Crippen molar-refractivity contribution in [2.75, 3.05) is 0 Å². The maximum absolute atomic E-state index is 13.9. The molecule has 0 unspecified atom stereocenters. The first kappa shape index (κ1) is 16.2. The zero-order chi connectivity index (χ0) is 17.6. The molecule has 0 amide bonds. The van der Waals surface area contributed by atoms with Crippen LogP contribution in [-0.4, -0.2) is 19.7 Å². The molecule has 0 bridgehead atoms. The highest BCUT2D eigenvalue weighted by Crippen LogP contribution is 2.34. The van der Waals surface area contributed by atoms with Crippen LogP contribution in [0.5, 0.6) is 0 Å². The third-order valence-electron chi connectivity index (χ3n) is 3.59. The number of aryl methyl sites for hydroxylation is 1. The smallest absolute Gasteiger partial charge is 0.332 e. The van der Waals surface area contributed by atoms with Gasteiger partial charge in [-0.05, 0) is 19.1 Å². The molecule has 2 heterocycles. The van der Waals surface area contributed by atoms with Gasteiger partial charge in [0.1, 0.15) is 23.0 Å². The molecule has 1 aromatic carbocycles. The number of nitrogens with one attached hydrogen (secondary N) is 1. The first-order valence-electron chi connectivity index (χ1n) is 6.80.